The first-order valence-electron chi connectivity index (χ1n) is 13.6. The van der Waals surface area contributed by atoms with Crippen LogP contribution in [0.4, 0.5) is 8.78 Å². The van der Waals surface area contributed by atoms with Crippen LogP contribution in [-0.4, -0.2) is 20.3 Å². The number of nitrogens with one attached hydrogen (secondary N) is 1. The third-order valence-electron chi connectivity index (χ3n) is 7.24. The molecule has 7 heteroatoms. The summed E-state index contributed by atoms with van der Waals surface area (Å²) in [7, 11) is 0. The van der Waals surface area contributed by atoms with E-state index in [0.717, 1.165) is 35.5 Å². The van der Waals surface area contributed by atoms with E-state index in [2.05, 4.69) is 10.3 Å². The van der Waals surface area contributed by atoms with Crippen LogP contribution >= 0.6 is 0 Å². The Morgan fingerprint density at radius 1 is 0.950 bits per heavy atom. The molecule has 1 atom stereocenters. The summed E-state index contributed by atoms with van der Waals surface area (Å²) in [5.41, 5.74) is 5.27. The molecule has 0 fully saturated rings. The van der Waals surface area contributed by atoms with Gasteiger partial charge < -0.3 is 9.88 Å². The summed E-state index contributed by atoms with van der Waals surface area (Å²) in [4.78, 5) is 22.2. The first kappa shape index (κ1) is 27.2. The molecule has 0 amide bonds. The van der Waals surface area contributed by atoms with Gasteiger partial charge in [0.05, 0.1) is 35.1 Å². The van der Waals surface area contributed by atoms with Gasteiger partial charge in [-0.15, -0.1) is 0 Å². The van der Waals surface area contributed by atoms with Crippen molar-refractivity contribution < 1.29 is 13.6 Å². The number of halogens is 2. The van der Waals surface area contributed by atoms with E-state index in [0.29, 0.717) is 22.5 Å². The molecule has 0 spiro atoms. The van der Waals surface area contributed by atoms with Gasteiger partial charge in [0.2, 0.25) is 0 Å². The average Bonchev–Trinajstić information content (AvgIpc) is 3.47. The maximum Gasteiger partial charge on any atom is 0.170 e. The Hall–Kier alpha value is -4.39. The zero-order valence-electron chi connectivity index (χ0n) is 23.1. The molecule has 0 saturated carbocycles. The second-order valence-electron chi connectivity index (χ2n) is 10.4. The molecule has 0 radical (unpaired) electrons. The number of Topliss-reactive ketones (excluding diaryl/α,β-unsaturated/α-hetero) is 1. The number of pyridine rings is 1. The number of benzene rings is 2. The molecule has 5 nitrogen and oxygen atoms in total. The van der Waals surface area contributed by atoms with Crippen LogP contribution in [-0.2, 0) is 4.79 Å². The summed E-state index contributed by atoms with van der Waals surface area (Å²) in [6.07, 6.45) is 9.12. The van der Waals surface area contributed by atoms with Crippen molar-refractivity contribution >= 4 is 5.78 Å². The van der Waals surface area contributed by atoms with Gasteiger partial charge in [0.15, 0.2) is 5.78 Å². The van der Waals surface area contributed by atoms with E-state index in [1.165, 1.54) is 24.3 Å². The van der Waals surface area contributed by atoms with E-state index >= 15 is 0 Å². The third-order valence-corrected chi connectivity index (χ3v) is 7.24. The molecule has 2 aliphatic rings. The van der Waals surface area contributed by atoms with Crippen LogP contribution in [0.25, 0.3) is 28.2 Å². The largest absolute Gasteiger partial charge is 0.376 e. The van der Waals surface area contributed by atoms with Crippen molar-refractivity contribution in [2.75, 3.05) is 0 Å². The van der Waals surface area contributed by atoms with Crippen molar-refractivity contribution in [1.29, 1.82) is 0 Å². The van der Waals surface area contributed by atoms with Crippen LogP contribution in [0.1, 0.15) is 52.3 Å². The van der Waals surface area contributed by atoms with E-state index in [4.69, 9.17) is 4.98 Å². The summed E-state index contributed by atoms with van der Waals surface area (Å²) in [5.74, 6) is -0.557. The fraction of sp³-hybridized carbons (Fsp3) is 0.242. The van der Waals surface area contributed by atoms with Gasteiger partial charge in [0.1, 0.15) is 11.6 Å². The molecule has 1 aliphatic carbocycles. The number of nitrogens with zero attached hydrogens (tertiary/aromatic N) is 3. The highest BCUT2D eigenvalue weighted by atomic mass is 19.1. The molecule has 0 bridgehead atoms. The van der Waals surface area contributed by atoms with Crippen molar-refractivity contribution in [3.05, 3.63) is 114 Å². The minimum atomic E-state index is -0.361. The molecule has 1 N–H and O–H groups in total. The average molecular weight is 539 g/mol. The predicted octanol–water partition coefficient (Wildman–Crippen LogP) is 7.75. The molecule has 40 heavy (non-hydrogen) atoms. The SMILES string of the molecule is CC.CC1(C)CCC2=C(C=CC(c3cn(-c4cc(-c5cccc(F)c5)nc(-c5cccc(F)c5)c4)cn3)N2)C1=O. The Morgan fingerprint density at radius 2 is 1.57 bits per heavy atom. The molecule has 1 aliphatic heterocycles. The smallest absolute Gasteiger partial charge is 0.170 e. The summed E-state index contributed by atoms with van der Waals surface area (Å²) in [6, 6.07) is 16.0. The first-order valence-corrected chi connectivity index (χ1v) is 13.6. The van der Waals surface area contributed by atoms with Crippen LogP contribution in [0.3, 0.4) is 0 Å². The van der Waals surface area contributed by atoms with Gasteiger partial charge in [-0.25, -0.2) is 18.7 Å². The van der Waals surface area contributed by atoms with Gasteiger partial charge >= 0.3 is 0 Å². The molecule has 2 aromatic heterocycles. The topological polar surface area (TPSA) is 59.8 Å². The van der Waals surface area contributed by atoms with Gasteiger partial charge in [-0.3, -0.25) is 4.79 Å². The summed E-state index contributed by atoms with van der Waals surface area (Å²) in [6.45, 7) is 7.98. The van der Waals surface area contributed by atoms with E-state index in [9.17, 15) is 13.6 Å². The van der Waals surface area contributed by atoms with Gasteiger partial charge in [0.25, 0.3) is 0 Å². The number of ketones is 1. The normalized spacial score (nSPS) is 17.6. The van der Waals surface area contributed by atoms with Crippen LogP contribution in [0.2, 0.25) is 0 Å². The standard InChI is InChI=1S/C31H26F2N4O.C2H6/c1-31(2)12-11-25-24(30(31)38)9-10-26(35-25)29-17-37(18-34-29)23-15-27(19-5-3-7-21(32)13-19)36-28(16-23)20-6-4-8-22(33)14-20;1-2/h3-10,13-18,26,35H,11-12H2,1-2H3;1-2H3. The highest BCUT2D eigenvalue weighted by Crippen LogP contribution is 2.38. The molecule has 4 aromatic rings. The minimum absolute atomic E-state index is 0.165. The number of carbonyl (C=O) groups is 1. The number of hydrogen-bond donors (Lipinski definition) is 1. The number of allylic oxidation sites excluding steroid dienone is 3. The molecular weight excluding hydrogens is 506 g/mol. The lowest BCUT2D eigenvalue weighted by Crippen LogP contribution is -2.36. The predicted molar refractivity (Wildman–Crippen MR) is 154 cm³/mol. The monoisotopic (exact) mass is 538 g/mol. The molecule has 0 saturated heterocycles. The number of dihydropyridines is 1. The fourth-order valence-corrected chi connectivity index (χ4v) is 5.01. The summed E-state index contributed by atoms with van der Waals surface area (Å²) < 4.78 is 29.9. The van der Waals surface area contributed by atoms with Gasteiger partial charge in [0, 0.05) is 34.0 Å². The van der Waals surface area contributed by atoms with E-state index < -0.39 is 0 Å². The van der Waals surface area contributed by atoms with Crippen LogP contribution < -0.4 is 5.32 Å². The summed E-state index contributed by atoms with van der Waals surface area (Å²) >= 11 is 0. The number of aromatic nitrogens is 3. The van der Waals surface area contributed by atoms with Crippen LogP contribution in [0.5, 0.6) is 0 Å². The van der Waals surface area contributed by atoms with Gasteiger partial charge in [-0.05, 0) is 49.2 Å². The van der Waals surface area contributed by atoms with Gasteiger partial charge in [-0.1, -0.05) is 64.1 Å². The second kappa shape index (κ2) is 11.0. The molecule has 204 valence electrons. The number of imidazole rings is 1. The Morgan fingerprint density at radius 3 is 2.17 bits per heavy atom. The number of hydrogen-bond acceptors (Lipinski definition) is 4. The fourth-order valence-electron chi connectivity index (χ4n) is 5.01. The van der Waals surface area contributed by atoms with Crippen LogP contribution in [0.15, 0.2) is 96.6 Å². The lowest BCUT2D eigenvalue weighted by atomic mass is 9.74. The second-order valence-corrected chi connectivity index (χ2v) is 10.4. The molecule has 2 aromatic carbocycles. The third kappa shape index (κ3) is 5.37. The quantitative estimate of drug-likeness (QED) is 0.289. The molecular formula is C33H32F2N4O. The maximum absolute atomic E-state index is 14.0. The van der Waals surface area contributed by atoms with Gasteiger partial charge in [-0.2, -0.15) is 0 Å². The Labute approximate surface area is 233 Å². The van der Waals surface area contributed by atoms with E-state index in [1.807, 2.05) is 62.7 Å². The lowest BCUT2D eigenvalue weighted by molar-refractivity contribution is -0.124. The zero-order chi connectivity index (χ0) is 28.4. The van der Waals surface area contributed by atoms with Crippen molar-refractivity contribution in [2.24, 2.45) is 5.41 Å². The van der Waals surface area contributed by atoms with E-state index in [-0.39, 0.29) is 28.9 Å². The minimum Gasteiger partial charge on any atom is -0.376 e. The van der Waals surface area contributed by atoms with Crippen LogP contribution in [0, 0.1) is 17.0 Å². The summed E-state index contributed by atoms with van der Waals surface area (Å²) in [5, 5.41) is 3.49. The highest BCUT2D eigenvalue weighted by molar-refractivity contribution is 6.03. The molecule has 6 rings (SSSR count). The first-order chi connectivity index (χ1) is 19.3. The van der Waals surface area contributed by atoms with Crippen molar-refractivity contribution in [3.63, 3.8) is 0 Å². The lowest BCUT2D eigenvalue weighted by Gasteiger charge is -2.34. The van der Waals surface area contributed by atoms with Crippen molar-refractivity contribution in [1.82, 2.24) is 19.9 Å². The Bertz CT molecular complexity index is 1570. The molecule has 1 unspecified atom stereocenters. The van der Waals surface area contributed by atoms with E-state index in [1.54, 1.807) is 30.6 Å². The highest BCUT2D eigenvalue weighted by Gasteiger charge is 2.37. The number of rotatable bonds is 4. The van der Waals surface area contributed by atoms with Crippen molar-refractivity contribution in [3.8, 4) is 28.2 Å². The molecule has 3 heterocycles. The Balaban J connectivity index is 0.00000158. The maximum atomic E-state index is 14.0. The number of carbonyl (C=O) groups excluding carboxylic acids is 1. The Kier molecular flexibility index (Phi) is 7.48. The van der Waals surface area contributed by atoms with Crippen molar-refractivity contribution in [2.45, 2.75) is 46.6 Å². The zero-order valence-corrected chi connectivity index (χ0v) is 23.1.